The summed E-state index contributed by atoms with van der Waals surface area (Å²) in [4.78, 5) is 0. The summed E-state index contributed by atoms with van der Waals surface area (Å²) in [6.45, 7) is 0. The highest BCUT2D eigenvalue weighted by Gasteiger charge is 2.51. The van der Waals surface area contributed by atoms with Crippen LogP contribution in [0.2, 0.25) is 0 Å². The smallest absolute Gasteiger partial charge is 0.408 e. The Morgan fingerprint density at radius 2 is 0.804 bits per heavy atom. The fourth-order valence-corrected chi connectivity index (χ4v) is 8.36. The molecule has 2 aliphatic rings. The molecule has 2 N–H and O–H groups in total. The van der Waals surface area contributed by atoms with Gasteiger partial charge in [0, 0.05) is 0 Å². The number of rotatable bonds is 6. The van der Waals surface area contributed by atoms with Crippen molar-refractivity contribution < 1.29 is 19.5 Å². The Bertz CT molecular complexity index is 2510. The van der Waals surface area contributed by atoms with Crippen LogP contribution in [0.1, 0.15) is 22.3 Å². The van der Waals surface area contributed by atoms with E-state index in [1.807, 2.05) is 60.7 Å². The number of hydrogen-bond acceptors (Lipinski definition) is 4. The van der Waals surface area contributed by atoms with Crippen LogP contribution in [0.25, 0.3) is 43.8 Å². The maximum absolute atomic E-state index is 10.7. The number of hydrogen-bond donors (Lipinski definition) is 2. The maximum Gasteiger partial charge on any atom is 0.408 e. The highest BCUT2D eigenvalue weighted by Crippen LogP contribution is 2.62. The minimum absolute atomic E-state index is 0.188. The Morgan fingerprint density at radius 3 is 1.27 bits per heavy atom. The molecule has 0 bridgehead atoms. The predicted molar refractivity (Wildman–Crippen MR) is 206 cm³/mol. The molecule has 51 heavy (non-hydrogen) atoms. The van der Waals surface area contributed by atoms with Crippen LogP contribution in [-0.2, 0) is 5.41 Å². The van der Waals surface area contributed by atoms with Gasteiger partial charge in [-0.15, -0.1) is 0 Å². The molecule has 0 saturated carbocycles. The lowest BCUT2D eigenvalue weighted by Crippen LogP contribution is -2.30. The zero-order valence-corrected chi connectivity index (χ0v) is 27.4. The maximum atomic E-state index is 10.7. The molecule has 0 saturated heterocycles. The summed E-state index contributed by atoms with van der Waals surface area (Å²) in [5.41, 5.74) is 10.9. The third kappa shape index (κ3) is 4.36. The molecule has 0 atom stereocenters. The van der Waals surface area contributed by atoms with Crippen LogP contribution in [-0.4, -0.2) is 25.2 Å². The Balaban J connectivity index is 1.09. The van der Waals surface area contributed by atoms with Crippen LogP contribution in [0.3, 0.4) is 0 Å². The first-order valence-corrected chi connectivity index (χ1v) is 17.0. The van der Waals surface area contributed by atoms with E-state index in [1.165, 1.54) is 44.5 Å². The Kier molecular flexibility index (Phi) is 6.56. The van der Waals surface area contributed by atoms with Gasteiger partial charge in [-0.2, -0.15) is 0 Å². The minimum Gasteiger partial charge on any atom is -0.557 e. The fourth-order valence-electron chi connectivity index (χ4n) is 8.36. The van der Waals surface area contributed by atoms with E-state index in [4.69, 9.17) is 9.31 Å². The fraction of sp³-hybridized carbons (Fsp3) is 0.0222. The molecule has 0 unspecified atom stereocenters. The van der Waals surface area contributed by atoms with E-state index in [9.17, 15) is 10.2 Å². The van der Waals surface area contributed by atoms with E-state index in [0.717, 1.165) is 21.7 Å². The van der Waals surface area contributed by atoms with Crippen molar-refractivity contribution in [3.8, 4) is 45.3 Å². The Labute approximate surface area is 296 Å². The molecule has 6 heteroatoms. The van der Waals surface area contributed by atoms with Gasteiger partial charge in [-0.25, -0.2) is 0 Å². The average molecular weight is 654 g/mol. The van der Waals surface area contributed by atoms with Crippen LogP contribution < -0.4 is 20.2 Å². The molecule has 0 aliphatic heterocycles. The standard InChI is InChI=1S/C45H28B2O4/c48-39-17-5-9-27-11-7-19-41(43(27)39)50-46-29-21-23-33-31-13-1-3-15-35(31)45(37(33)25-29)36-16-4-2-14-32(36)34-24-22-30(26-38(34)45)47-51-42-20-8-12-28-10-6-18-40(49)44(28)42/h1-26,48-49H. The van der Waals surface area contributed by atoms with E-state index in [1.54, 1.807) is 27.1 Å². The lowest BCUT2D eigenvalue weighted by atomic mass is 9.68. The van der Waals surface area contributed by atoms with Crippen molar-refractivity contribution in [2.24, 2.45) is 0 Å². The van der Waals surface area contributed by atoms with Gasteiger partial charge in [0.2, 0.25) is 0 Å². The van der Waals surface area contributed by atoms with Crippen molar-refractivity contribution in [2.75, 3.05) is 0 Å². The molecular formula is C45H28B2O4. The zero-order valence-electron chi connectivity index (χ0n) is 27.4. The minimum atomic E-state index is -0.568. The highest BCUT2D eigenvalue weighted by molar-refractivity contribution is 6.48. The first kappa shape index (κ1) is 29.5. The van der Waals surface area contributed by atoms with Gasteiger partial charge in [0.25, 0.3) is 0 Å². The van der Waals surface area contributed by atoms with Crippen LogP contribution in [0.5, 0.6) is 23.0 Å². The second kappa shape index (κ2) is 11.3. The van der Waals surface area contributed by atoms with Crippen molar-refractivity contribution in [2.45, 2.75) is 5.41 Å². The molecule has 0 fully saturated rings. The van der Waals surface area contributed by atoms with Crippen molar-refractivity contribution >= 4 is 47.4 Å². The van der Waals surface area contributed by atoms with Gasteiger partial charge < -0.3 is 19.5 Å². The van der Waals surface area contributed by atoms with Gasteiger partial charge in [0.1, 0.15) is 23.0 Å². The van der Waals surface area contributed by atoms with Crippen molar-refractivity contribution in [1.82, 2.24) is 0 Å². The van der Waals surface area contributed by atoms with Gasteiger partial charge >= 0.3 is 15.0 Å². The highest BCUT2D eigenvalue weighted by atomic mass is 16.4. The first-order chi connectivity index (χ1) is 25.1. The van der Waals surface area contributed by atoms with Gasteiger partial charge in [0.05, 0.1) is 16.2 Å². The normalized spacial score (nSPS) is 13.0. The monoisotopic (exact) mass is 654 g/mol. The molecule has 2 aliphatic carbocycles. The van der Waals surface area contributed by atoms with E-state index in [-0.39, 0.29) is 11.5 Å². The van der Waals surface area contributed by atoms with Gasteiger partial charge in [-0.1, -0.05) is 133 Å². The lowest BCUT2D eigenvalue weighted by Gasteiger charge is -2.31. The molecule has 2 radical (unpaired) electrons. The predicted octanol–water partition coefficient (Wildman–Crippen LogP) is 8.39. The van der Waals surface area contributed by atoms with E-state index < -0.39 is 5.41 Å². The van der Waals surface area contributed by atoms with Gasteiger partial charge in [-0.3, -0.25) is 0 Å². The summed E-state index contributed by atoms with van der Waals surface area (Å²) >= 11 is 0. The second-order valence-electron chi connectivity index (χ2n) is 13.2. The zero-order chi connectivity index (χ0) is 34.1. The second-order valence-corrected chi connectivity index (χ2v) is 13.2. The molecule has 4 nitrogen and oxygen atoms in total. The number of aromatic hydroxyl groups is 2. The number of phenols is 2. The van der Waals surface area contributed by atoms with Crippen molar-refractivity contribution in [3.05, 3.63) is 180 Å². The van der Waals surface area contributed by atoms with Gasteiger partial charge in [-0.05, 0) is 90.5 Å². The summed E-state index contributed by atoms with van der Waals surface area (Å²) in [6.07, 6.45) is 0. The Hall–Kier alpha value is -6.39. The van der Waals surface area contributed by atoms with Crippen LogP contribution in [0, 0.1) is 0 Å². The SMILES string of the molecule is Oc1cccc2cccc(O[B]c3ccc4c(c3)C3(c5ccccc5-4)c4ccccc4-c4ccc([B]Oc5cccc6cccc(O)c56)cc43)c12. The molecule has 1 spiro atoms. The first-order valence-electron chi connectivity index (χ1n) is 17.0. The molecule has 238 valence electrons. The summed E-state index contributed by atoms with van der Waals surface area (Å²) in [7, 11) is 3.55. The molecule has 10 rings (SSSR count). The number of benzene rings is 8. The third-order valence-electron chi connectivity index (χ3n) is 10.5. The summed E-state index contributed by atoms with van der Waals surface area (Å²) < 4.78 is 12.6. The molecule has 0 aromatic heterocycles. The van der Waals surface area contributed by atoms with Crippen LogP contribution in [0.4, 0.5) is 0 Å². The molecule has 8 aromatic carbocycles. The molecular weight excluding hydrogens is 626 g/mol. The third-order valence-corrected chi connectivity index (χ3v) is 10.5. The largest absolute Gasteiger partial charge is 0.557 e. The summed E-state index contributed by atoms with van der Waals surface area (Å²) in [5, 5.41) is 24.5. The van der Waals surface area contributed by atoms with E-state index in [0.29, 0.717) is 22.3 Å². The van der Waals surface area contributed by atoms with Crippen molar-refractivity contribution in [3.63, 3.8) is 0 Å². The van der Waals surface area contributed by atoms with Crippen LogP contribution in [0.15, 0.2) is 158 Å². The quantitative estimate of drug-likeness (QED) is 0.177. The summed E-state index contributed by atoms with van der Waals surface area (Å²) in [6, 6.07) is 53.1. The number of fused-ring (bicyclic) bond motifs is 12. The van der Waals surface area contributed by atoms with Crippen molar-refractivity contribution in [1.29, 1.82) is 0 Å². The molecule has 8 aromatic rings. The number of phenolic OH excluding ortho intramolecular Hbond substituents is 2. The van der Waals surface area contributed by atoms with E-state index >= 15 is 0 Å². The summed E-state index contributed by atoms with van der Waals surface area (Å²) in [5.74, 6) is 1.57. The average Bonchev–Trinajstić information content (AvgIpc) is 3.63. The molecule has 0 heterocycles. The van der Waals surface area contributed by atoms with Gasteiger partial charge in [0.15, 0.2) is 0 Å². The molecule has 0 amide bonds. The topological polar surface area (TPSA) is 58.9 Å². The van der Waals surface area contributed by atoms with Crippen LogP contribution >= 0.6 is 0 Å². The Morgan fingerprint density at radius 1 is 0.392 bits per heavy atom. The van der Waals surface area contributed by atoms with E-state index in [2.05, 4.69) is 84.9 Å². The lowest BCUT2D eigenvalue weighted by molar-refractivity contribution is 0.479.